The van der Waals surface area contributed by atoms with E-state index in [1.54, 1.807) is 25.3 Å². The fraction of sp³-hybridized carbons (Fsp3) is 0.278. The molecule has 128 valence electrons. The maximum Gasteiger partial charge on any atom is 0.230 e. The number of amides is 1. The minimum absolute atomic E-state index is 0.0402. The molecule has 0 bridgehead atoms. The highest BCUT2D eigenvalue weighted by atomic mass is 35.5. The van der Waals surface area contributed by atoms with Crippen LogP contribution in [0.1, 0.15) is 24.1 Å². The molecule has 0 fully saturated rings. The standard InChI is InChI=1S/C18H19Cl2NO2S/c1-12(13-6-3-4-9-17(13)23-2)21-18(22)11-24-10-14-15(19)7-5-8-16(14)20/h3-9,12H,10-11H2,1-2H3,(H,21,22)/t12-/m0/s1. The third-order valence-electron chi connectivity index (χ3n) is 3.52. The van der Waals surface area contributed by atoms with Crippen LogP contribution in [0.2, 0.25) is 10.0 Å². The number of para-hydroxylation sites is 1. The van der Waals surface area contributed by atoms with Crippen molar-refractivity contribution < 1.29 is 9.53 Å². The zero-order valence-electron chi connectivity index (χ0n) is 13.5. The third-order valence-corrected chi connectivity index (χ3v) is 5.19. The van der Waals surface area contributed by atoms with Crippen molar-refractivity contribution in [3.8, 4) is 5.75 Å². The first-order valence-corrected chi connectivity index (χ1v) is 9.37. The highest BCUT2D eigenvalue weighted by molar-refractivity contribution is 7.99. The molecule has 0 saturated heterocycles. The molecule has 2 rings (SSSR count). The molecule has 0 aliphatic carbocycles. The lowest BCUT2D eigenvalue weighted by Crippen LogP contribution is -2.28. The number of methoxy groups -OCH3 is 1. The highest BCUT2D eigenvalue weighted by Crippen LogP contribution is 2.28. The van der Waals surface area contributed by atoms with Gasteiger partial charge in [0.05, 0.1) is 18.9 Å². The lowest BCUT2D eigenvalue weighted by atomic mass is 10.1. The Hall–Kier alpha value is -1.36. The van der Waals surface area contributed by atoms with Gasteiger partial charge in [0.15, 0.2) is 0 Å². The quantitative estimate of drug-likeness (QED) is 0.721. The molecular formula is C18H19Cl2NO2S. The summed E-state index contributed by atoms with van der Waals surface area (Å²) in [5.41, 5.74) is 1.81. The van der Waals surface area contributed by atoms with E-state index in [-0.39, 0.29) is 11.9 Å². The van der Waals surface area contributed by atoms with Crippen LogP contribution in [0.15, 0.2) is 42.5 Å². The van der Waals surface area contributed by atoms with Gasteiger partial charge in [0.25, 0.3) is 0 Å². The van der Waals surface area contributed by atoms with Crippen LogP contribution in [-0.4, -0.2) is 18.8 Å². The lowest BCUT2D eigenvalue weighted by Gasteiger charge is -2.17. The molecule has 0 unspecified atom stereocenters. The summed E-state index contributed by atoms with van der Waals surface area (Å²) in [6.07, 6.45) is 0. The van der Waals surface area contributed by atoms with Gasteiger partial charge in [0.1, 0.15) is 5.75 Å². The highest BCUT2D eigenvalue weighted by Gasteiger charge is 2.14. The summed E-state index contributed by atoms with van der Waals surface area (Å²) in [6, 6.07) is 12.9. The zero-order valence-corrected chi connectivity index (χ0v) is 15.8. The summed E-state index contributed by atoms with van der Waals surface area (Å²) in [7, 11) is 1.62. The van der Waals surface area contributed by atoms with Gasteiger partial charge in [-0.15, -0.1) is 11.8 Å². The van der Waals surface area contributed by atoms with Crippen LogP contribution in [-0.2, 0) is 10.5 Å². The number of hydrogen-bond donors (Lipinski definition) is 1. The van der Waals surface area contributed by atoms with E-state index in [0.29, 0.717) is 21.6 Å². The number of thioether (sulfide) groups is 1. The minimum atomic E-state index is -0.127. The summed E-state index contributed by atoms with van der Waals surface area (Å²) in [6.45, 7) is 1.94. The average molecular weight is 384 g/mol. The normalized spacial score (nSPS) is 11.8. The minimum Gasteiger partial charge on any atom is -0.496 e. The SMILES string of the molecule is COc1ccccc1[C@H](C)NC(=O)CSCc1c(Cl)cccc1Cl. The molecule has 24 heavy (non-hydrogen) atoms. The second-order valence-electron chi connectivity index (χ2n) is 5.22. The van der Waals surface area contributed by atoms with Crippen LogP contribution in [0, 0.1) is 0 Å². The van der Waals surface area contributed by atoms with E-state index in [1.165, 1.54) is 11.8 Å². The van der Waals surface area contributed by atoms with Crippen LogP contribution in [0.25, 0.3) is 0 Å². The number of hydrogen-bond acceptors (Lipinski definition) is 3. The van der Waals surface area contributed by atoms with Crippen molar-refractivity contribution in [3.05, 3.63) is 63.6 Å². The van der Waals surface area contributed by atoms with Gasteiger partial charge in [-0.2, -0.15) is 0 Å². The van der Waals surface area contributed by atoms with Crippen LogP contribution >= 0.6 is 35.0 Å². The summed E-state index contributed by atoms with van der Waals surface area (Å²) < 4.78 is 5.33. The topological polar surface area (TPSA) is 38.3 Å². The van der Waals surface area contributed by atoms with Crippen LogP contribution < -0.4 is 10.1 Å². The van der Waals surface area contributed by atoms with Crippen molar-refractivity contribution in [1.29, 1.82) is 0 Å². The third kappa shape index (κ3) is 5.07. The smallest absolute Gasteiger partial charge is 0.230 e. The van der Waals surface area contributed by atoms with Crippen molar-refractivity contribution in [2.75, 3.05) is 12.9 Å². The van der Waals surface area contributed by atoms with Gasteiger partial charge in [0.2, 0.25) is 5.91 Å². The Labute approximate surface area is 156 Å². The van der Waals surface area contributed by atoms with E-state index >= 15 is 0 Å². The van der Waals surface area contributed by atoms with Crippen LogP contribution in [0.5, 0.6) is 5.75 Å². The maximum absolute atomic E-state index is 12.1. The average Bonchev–Trinajstić information content (AvgIpc) is 2.57. The summed E-state index contributed by atoms with van der Waals surface area (Å²) in [5.74, 6) is 1.65. The second kappa shape index (κ2) is 9.21. The van der Waals surface area contributed by atoms with Gasteiger partial charge in [-0.25, -0.2) is 0 Å². The Balaban J connectivity index is 1.87. The molecule has 6 heteroatoms. The number of halogens is 2. The van der Waals surface area contributed by atoms with Gasteiger partial charge in [0, 0.05) is 21.4 Å². The molecule has 1 N–H and O–H groups in total. The molecule has 0 aliphatic rings. The van der Waals surface area contributed by atoms with E-state index in [2.05, 4.69) is 5.32 Å². The molecular weight excluding hydrogens is 365 g/mol. The van der Waals surface area contributed by atoms with E-state index in [1.807, 2.05) is 31.2 Å². The number of carbonyl (C=O) groups excluding carboxylic acids is 1. The number of ether oxygens (including phenoxy) is 1. The van der Waals surface area contributed by atoms with E-state index in [0.717, 1.165) is 16.9 Å². The number of carbonyl (C=O) groups is 1. The molecule has 3 nitrogen and oxygen atoms in total. The Morgan fingerprint density at radius 2 is 1.83 bits per heavy atom. The van der Waals surface area contributed by atoms with Crippen molar-refractivity contribution in [3.63, 3.8) is 0 Å². The van der Waals surface area contributed by atoms with Gasteiger partial charge in [-0.1, -0.05) is 47.5 Å². The van der Waals surface area contributed by atoms with Gasteiger partial charge >= 0.3 is 0 Å². The number of rotatable bonds is 7. The van der Waals surface area contributed by atoms with E-state index < -0.39 is 0 Å². The Morgan fingerprint density at radius 1 is 1.17 bits per heavy atom. The molecule has 0 saturated carbocycles. The zero-order chi connectivity index (χ0) is 17.5. The van der Waals surface area contributed by atoms with Crippen molar-refractivity contribution >= 4 is 40.9 Å². The summed E-state index contributed by atoms with van der Waals surface area (Å²) in [5, 5.41) is 4.23. The molecule has 0 heterocycles. The van der Waals surface area contributed by atoms with Crippen molar-refractivity contribution in [2.45, 2.75) is 18.7 Å². The molecule has 0 radical (unpaired) electrons. The monoisotopic (exact) mass is 383 g/mol. The maximum atomic E-state index is 12.1. The summed E-state index contributed by atoms with van der Waals surface area (Å²) in [4.78, 5) is 12.1. The molecule has 2 aromatic rings. The Morgan fingerprint density at radius 3 is 2.50 bits per heavy atom. The van der Waals surface area contributed by atoms with Gasteiger partial charge < -0.3 is 10.1 Å². The molecule has 1 atom stereocenters. The predicted molar refractivity (Wildman–Crippen MR) is 102 cm³/mol. The molecule has 1 amide bonds. The lowest BCUT2D eigenvalue weighted by molar-refractivity contribution is -0.119. The number of benzene rings is 2. The molecule has 0 aliphatic heterocycles. The first-order valence-electron chi connectivity index (χ1n) is 7.45. The van der Waals surface area contributed by atoms with Crippen molar-refractivity contribution in [2.24, 2.45) is 0 Å². The first kappa shape index (κ1) is 19.0. The first-order chi connectivity index (χ1) is 11.5. The molecule has 2 aromatic carbocycles. The molecule has 0 aromatic heterocycles. The summed E-state index contributed by atoms with van der Waals surface area (Å²) >= 11 is 13.7. The largest absolute Gasteiger partial charge is 0.496 e. The Bertz CT molecular complexity index is 689. The van der Waals surface area contributed by atoms with Crippen LogP contribution in [0.4, 0.5) is 0 Å². The Kier molecular flexibility index (Phi) is 7.28. The molecule has 0 spiro atoms. The van der Waals surface area contributed by atoms with Gasteiger partial charge in [-0.3, -0.25) is 4.79 Å². The van der Waals surface area contributed by atoms with Crippen molar-refractivity contribution in [1.82, 2.24) is 5.32 Å². The number of nitrogens with one attached hydrogen (secondary N) is 1. The van der Waals surface area contributed by atoms with E-state index in [4.69, 9.17) is 27.9 Å². The van der Waals surface area contributed by atoms with Gasteiger partial charge in [-0.05, 0) is 30.7 Å². The predicted octanol–water partition coefficient (Wildman–Crippen LogP) is 5.11. The van der Waals surface area contributed by atoms with E-state index in [9.17, 15) is 4.79 Å². The fourth-order valence-electron chi connectivity index (χ4n) is 2.30. The van der Waals surface area contributed by atoms with Crippen LogP contribution in [0.3, 0.4) is 0 Å². The second-order valence-corrected chi connectivity index (χ2v) is 7.02. The fourth-order valence-corrected chi connectivity index (χ4v) is 3.88.